The van der Waals surface area contributed by atoms with Crippen molar-refractivity contribution in [1.82, 2.24) is 10.2 Å². The summed E-state index contributed by atoms with van der Waals surface area (Å²) in [5.74, 6) is -0.0607. The van der Waals surface area contributed by atoms with Gasteiger partial charge < -0.3 is 10.1 Å². The Labute approximate surface area is 179 Å². The van der Waals surface area contributed by atoms with Crippen molar-refractivity contribution in [3.63, 3.8) is 0 Å². The molecule has 6 heteroatoms. The summed E-state index contributed by atoms with van der Waals surface area (Å²) in [5, 5.41) is 5.17. The lowest BCUT2D eigenvalue weighted by atomic mass is 10.2. The highest BCUT2D eigenvalue weighted by molar-refractivity contribution is 7.16. The van der Waals surface area contributed by atoms with E-state index in [1.54, 1.807) is 28.7 Å². The van der Waals surface area contributed by atoms with Crippen LogP contribution in [-0.4, -0.2) is 43.7 Å². The summed E-state index contributed by atoms with van der Waals surface area (Å²) in [6.07, 6.45) is 3.52. The van der Waals surface area contributed by atoms with Crippen LogP contribution in [-0.2, 0) is 9.53 Å². The van der Waals surface area contributed by atoms with Gasteiger partial charge in [0, 0.05) is 40.3 Å². The molecule has 0 unspecified atom stereocenters. The predicted molar refractivity (Wildman–Crippen MR) is 121 cm³/mol. The van der Waals surface area contributed by atoms with Crippen molar-refractivity contribution in [1.29, 1.82) is 0 Å². The van der Waals surface area contributed by atoms with Crippen LogP contribution in [0.15, 0.2) is 66.1 Å². The fourth-order valence-electron chi connectivity index (χ4n) is 3.39. The molecular formula is C23H24N2O2S2. The Morgan fingerprint density at radius 2 is 1.93 bits per heavy atom. The molecule has 3 heterocycles. The second-order valence-electron chi connectivity index (χ2n) is 6.83. The van der Waals surface area contributed by atoms with Crippen LogP contribution in [0.4, 0.5) is 0 Å². The first-order chi connectivity index (χ1) is 14.3. The van der Waals surface area contributed by atoms with E-state index in [1.807, 2.05) is 24.3 Å². The molecule has 0 saturated carbocycles. The predicted octanol–water partition coefficient (Wildman–Crippen LogP) is 4.68. The Morgan fingerprint density at radius 3 is 2.69 bits per heavy atom. The van der Waals surface area contributed by atoms with Gasteiger partial charge in [0.05, 0.1) is 19.3 Å². The molecule has 29 heavy (non-hydrogen) atoms. The zero-order valence-electron chi connectivity index (χ0n) is 16.1. The summed E-state index contributed by atoms with van der Waals surface area (Å²) in [5.41, 5.74) is 1.20. The minimum atomic E-state index is -0.0607. The minimum Gasteiger partial charge on any atom is -0.379 e. The van der Waals surface area contributed by atoms with Crippen molar-refractivity contribution in [3.05, 3.63) is 75.8 Å². The molecule has 1 amide bonds. The average molecular weight is 425 g/mol. The molecule has 0 aliphatic carbocycles. The second kappa shape index (κ2) is 9.98. The monoisotopic (exact) mass is 424 g/mol. The first-order valence-corrected chi connectivity index (χ1v) is 11.5. The minimum absolute atomic E-state index is 0.0607. The van der Waals surface area contributed by atoms with E-state index in [0.717, 1.165) is 31.2 Å². The molecule has 0 spiro atoms. The van der Waals surface area contributed by atoms with Crippen molar-refractivity contribution in [2.45, 2.75) is 6.04 Å². The molecule has 150 valence electrons. The van der Waals surface area contributed by atoms with E-state index in [4.69, 9.17) is 4.74 Å². The fourth-order valence-corrected chi connectivity index (χ4v) is 5.17. The first-order valence-electron chi connectivity index (χ1n) is 9.76. The lowest BCUT2D eigenvalue weighted by Gasteiger charge is -2.34. The van der Waals surface area contributed by atoms with Crippen molar-refractivity contribution >= 4 is 34.7 Å². The van der Waals surface area contributed by atoms with E-state index in [9.17, 15) is 4.79 Å². The van der Waals surface area contributed by atoms with Crippen molar-refractivity contribution in [2.24, 2.45) is 0 Å². The summed E-state index contributed by atoms with van der Waals surface area (Å²) < 4.78 is 5.48. The van der Waals surface area contributed by atoms with Crippen molar-refractivity contribution in [3.8, 4) is 10.4 Å². The number of hydrogen-bond acceptors (Lipinski definition) is 5. The van der Waals surface area contributed by atoms with Crippen LogP contribution < -0.4 is 5.32 Å². The number of hydrogen-bond donors (Lipinski definition) is 1. The summed E-state index contributed by atoms with van der Waals surface area (Å²) in [7, 11) is 0. The molecule has 0 bridgehead atoms. The van der Waals surface area contributed by atoms with Gasteiger partial charge in [-0.05, 0) is 35.2 Å². The SMILES string of the molecule is O=C(/C=C/c1ccc(-c2ccccc2)s1)NC[C@@H](c1cccs1)N1CCOCC1. The molecule has 4 rings (SSSR count). The highest BCUT2D eigenvalue weighted by Gasteiger charge is 2.23. The smallest absolute Gasteiger partial charge is 0.244 e. The number of amides is 1. The molecule has 2 aromatic heterocycles. The quantitative estimate of drug-likeness (QED) is 0.560. The van der Waals surface area contributed by atoms with Gasteiger partial charge in [-0.2, -0.15) is 0 Å². The topological polar surface area (TPSA) is 41.6 Å². The number of nitrogens with one attached hydrogen (secondary N) is 1. The van der Waals surface area contributed by atoms with Crippen LogP contribution in [0.5, 0.6) is 0 Å². The van der Waals surface area contributed by atoms with E-state index >= 15 is 0 Å². The van der Waals surface area contributed by atoms with E-state index < -0.39 is 0 Å². The highest BCUT2D eigenvalue weighted by atomic mass is 32.1. The van der Waals surface area contributed by atoms with Crippen LogP contribution in [0.25, 0.3) is 16.5 Å². The number of carbonyl (C=O) groups is 1. The van der Waals surface area contributed by atoms with Crippen LogP contribution >= 0.6 is 22.7 Å². The van der Waals surface area contributed by atoms with E-state index in [1.165, 1.54) is 15.3 Å². The van der Waals surface area contributed by atoms with Gasteiger partial charge in [0.2, 0.25) is 5.91 Å². The molecule has 4 nitrogen and oxygen atoms in total. The molecule has 1 N–H and O–H groups in total. The highest BCUT2D eigenvalue weighted by Crippen LogP contribution is 2.28. The average Bonchev–Trinajstić information content (AvgIpc) is 3.46. The van der Waals surface area contributed by atoms with E-state index in [0.29, 0.717) is 6.54 Å². The third kappa shape index (κ3) is 5.42. The maximum absolute atomic E-state index is 12.4. The number of ether oxygens (including phenoxy) is 1. The lowest BCUT2D eigenvalue weighted by molar-refractivity contribution is -0.116. The van der Waals surface area contributed by atoms with E-state index in [2.05, 4.69) is 52.0 Å². The number of morpholine rings is 1. The van der Waals surface area contributed by atoms with Gasteiger partial charge in [-0.25, -0.2) is 0 Å². The van der Waals surface area contributed by atoms with Crippen LogP contribution in [0, 0.1) is 0 Å². The number of thiophene rings is 2. The normalized spacial score (nSPS) is 16.1. The second-order valence-corrected chi connectivity index (χ2v) is 8.92. The molecule has 1 aliphatic heterocycles. The van der Waals surface area contributed by atoms with Gasteiger partial charge in [0.15, 0.2) is 0 Å². The van der Waals surface area contributed by atoms with Gasteiger partial charge in [0.1, 0.15) is 0 Å². The summed E-state index contributed by atoms with van der Waals surface area (Å²) >= 11 is 3.42. The van der Waals surface area contributed by atoms with Crippen LogP contribution in [0.3, 0.4) is 0 Å². The maximum atomic E-state index is 12.4. The fraction of sp³-hybridized carbons (Fsp3) is 0.261. The third-order valence-corrected chi connectivity index (χ3v) is 6.98. The van der Waals surface area contributed by atoms with Crippen LogP contribution in [0.1, 0.15) is 15.8 Å². The van der Waals surface area contributed by atoms with Gasteiger partial charge in [0.25, 0.3) is 0 Å². The van der Waals surface area contributed by atoms with Gasteiger partial charge in [-0.1, -0.05) is 36.4 Å². The molecular weight excluding hydrogens is 400 g/mol. The van der Waals surface area contributed by atoms with Gasteiger partial charge in [-0.15, -0.1) is 22.7 Å². The Kier molecular flexibility index (Phi) is 6.90. The van der Waals surface area contributed by atoms with E-state index in [-0.39, 0.29) is 11.9 Å². The standard InChI is InChI=1S/C23H24N2O2S2/c26-23(11-9-19-8-10-21(29-19)18-5-2-1-3-6-18)24-17-20(22-7-4-16-28-22)25-12-14-27-15-13-25/h1-11,16,20H,12-15,17H2,(H,24,26)/b11-9+/t20-/m0/s1. The van der Waals surface area contributed by atoms with Crippen molar-refractivity contribution < 1.29 is 9.53 Å². The molecule has 1 saturated heterocycles. The van der Waals surface area contributed by atoms with Gasteiger partial charge in [-0.3, -0.25) is 9.69 Å². The Bertz CT molecular complexity index is 929. The molecule has 1 atom stereocenters. The number of benzene rings is 1. The number of nitrogens with zero attached hydrogens (tertiary/aromatic N) is 1. The molecule has 1 aliphatic rings. The largest absolute Gasteiger partial charge is 0.379 e. The summed E-state index contributed by atoms with van der Waals surface area (Å²) in [4.78, 5) is 18.4. The first kappa shape index (κ1) is 20.0. The third-order valence-electron chi connectivity index (χ3n) is 4.91. The van der Waals surface area contributed by atoms with Crippen LogP contribution in [0.2, 0.25) is 0 Å². The summed E-state index contributed by atoms with van der Waals surface area (Å²) in [6.45, 7) is 3.89. The zero-order valence-corrected chi connectivity index (χ0v) is 17.8. The van der Waals surface area contributed by atoms with Gasteiger partial charge >= 0.3 is 0 Å². The number of rotatable bonds is 7. The zero-order chi connectivity index (χ0) is 19.9. The lowest BCUT2D eigenvalue weighted by Crippen LogP contribution is -2.43. The molecule has 0 radical (unpaired) electrons. The number of carbonyl (C=O) groups excluding carboxylic acids is 1. The van der Waals surface area contributed by atoms with Crippen molar-refractivity contribution in [2.75, 3.05) is 32.8 Å². The maximum Gasteiger partial charge on any atom is 0.244 e. The Hall–Kier alpha value is -2.25. The molecule has 3 aromatic rings. The Morgan fingerprint density at radius 1 is 1.10 bits per heavy atom. The Balaban J connectivity index is 1.35. The summed E-state index contributed by atoms with van der Waals surface area (Å²) in [6, 6.07) is 18.9. The molecule has 1 aromatic carbocycles. The molecule has 1 fully saturated rings.